The Bertz CT molecular complexity index is 915. The molecule has 0 fully saturated rings. The molecule has 0 aliphatic rings. The van der Waals surface area contributed by atoms with E-state index >= 15 is 0 Å². The minimum Gasteiger partial charge on any atom is -0.496 e. The molecular formula is C17H14ClN3O7. The number of hydrogen-bond acceptors (Lipinski definition) is 7. The van der Waals surface area contributed by atoms with Gasteiger partial charge in [0.15, 0.2) is 6.61 Å². The number of nitro benzene ring substituents is 1. The molecule has 0 atom stereocenters. The number of amides is 2. The Morgan fingerprint density at radius 1 is 1.11 bits per heavy atom. The maximum atomic E-state index is 12.0. The summed E-state index contributed by atoms with van der Waals surface area (Å²) in [4.78, 5) is 45.6. The van der Waals surface area contributed by atoms with E-state index in [0.717, 1.165) is 12.1 Å². The average molecular weight is 408 g/mol. The molecular weight excluding hydrogens is 394 g/mol. The Morgan fingerprint density at radius 2 is 1.79 bits per heavy atom. The van der Waals surface area contributed by atoms with E-state index in [2.05, 4.69) is 10.9 Å². The summed E-state index contributed by atoms with van der Waals surface area (Å²) in [5.41, 5.74) is 4.11. The van der Waals surface area contributed by atoms with Crippen LogP contribution in [0, 0.1) is 10.1 Å². The predicted molar refractivity (Wildman–Crippen MR) is 97.0 cm³/mol. The van der Waals surface area contributed by atoms with Crippen LogP contribution in [-0.2, 0) is 9.53 Å². The summed E-state index contributed by atoms with van der Waals surface area (Å²) in [6.45, 7) is -0.672. The fourth-order valence-electron chi connectivity index (χ4n) is 2.02. The van der Waals surface area contributed by atoms with E-state index in [1.54, 1.807) is 0 Å². The van der Waals surface area contributed by atoms with Crippen LogP contribution in [-0.4, -0.2) is 36.4 Å². The number of benzene rings is 2. The molecule has 0 radical (unpaired) electrons. The van der Waals surface area contributed by atoms with Crippen LogP contribution in [0.1, 0.15) is 20.7 Å². The number of hydrogen-bond donors (Lipinski definition) is 2. The highest BCUT2D eigenvalue weighted by Gasteiger charge is 2.16. The van der Waals surface area contributed by atoms with Crippen molar-refractivity contribution in [3.8, 4) is 5.75 Å². The molecule has 10 nitrogen and oxygen atoms in total. The van der Waals surface area contributed by atoms with Crippen molar-refractivity contribution >= 4 is 35.1 Å². The minimum atomic E-state index is -0.837. The third kappa shape index (κ3) is 5.42. The molecule has 2 aromatic rings. The van der Waals surface area contributed by atoms with Gasteiger partial charge in [-0.25, -0.2) is 4.79 Å². The summed E-state index contributed by atoms with van der Waals surface area (Å²) in [6, 6.07) is 9.09. The third-order valence-corrected chi connectivity index (χ3v) is 3.61. The van der Waals surface area contributed by atoms with Gasteiger partial charge in [0.2, 0.25) is 0 Å². The molecule has 0 heterocycles. The normalized spacial score (nSPS) is 9.93. The van der Waals surface area contributed by atoms with Crippen LogP contribution < -0.4 is 15.6 Å². The first-order chi connectivity index (χ1) is 13.3. The summed E-state index contributed by atoms with van der Waals surface area (Å²) in [5, 5.41) is 10.9. The molecule has 0 bridgehead atoms. The summed E-state index contributed by atoms with van der Waals surface area (Å²) in [7, 11) is 1.36. The van der Waals surface area contributed by atoms with E-state index in [1.807, 2.05) is 0 Å². The van der Waals surface area contributed by atoms with Gasteiger partial charge in [-0.3, -0.25) is 30.6 Å². The number of esters is 1. The van der Waals surface area contributed by atoms with Gasteiger partial charge in [-0.15, -0.1) is 0 Å². The van der Waals surface area contributed by atoms with Crippen molar-refractivity contribution in [1.82, 2.24) is 10.9 Å². The number of rotatable bonds is 6. The molecule has 0 spiro atoms. The van der Waals surface area contributed by atoms with E-state index in [9.17, 15) is 24.5 Å². The number of carbonyl (C=O) groups excluding carboxylic acids is 3. The number of carbonyl (C=O) groups is 3. The van der Waals surface area contributed by atoms with Crippen molar-refractivity contribution in [1.29, 1.82) is 0 Å². The van der Waals surface area contributed by atoms with Crippen LogP contribution in [0.25, 0.3) is 0 Å². The third-order valence-electron chi connectivity index (χ3n) is 3.37. The smallest absolute Gasteiger partial charge is 0.342 e. The Hall–Kier alpha value is -3.66. The quantitative estimate of drug-likeness (QED) is 0.423. The number of non-ortho nitro benzene ring substituents is 1. The largest absolute Gasteiger partial charge is 0.496 e. The standard InChI is InChI=1S/C17H14ClN3O7/c1-27-14-7-4-11(18)8-13(14)17(24)28-9-15(22)19-20-16(23)10-2-5-12(6-3-10)21(25)26/h2-8H,9H2,1H3,(H,19,22)(H,20,23). The first-order valence-corrected chi connectivity index (χ1v) is 8.04. The van der Waals surface area contributed by atoms with Crippen LogP contribution in [0.5, 0.6) is 5.75 Å². The van der Waals surface area contributed by atoms with Crippen molar-refractivity contribution in [2.24, 2.45) is 0 Å². The predicted octanol–water partition coefficient (Wildman–Crippen LogP) is 1.87. The Labute approximate surface area is 163 Å². The zero-order valence-electron chi connectivity index (χ0n) is 14.4. The highest BCUT2D eigenvalue weighted by Crippen LogP contribution is 2.23. The lowest BCUT2D eigenvalue weighted by Crippen LogP contribution is -2.43. The lowest BCUT2D eigenvalue weighted by Gasteiger charge is -2.10. The van der Waals surface area contributed by atoms with Crippen LogP contribution in [0.2, 0.25) is 5.02 Å². The second-order valence-electron chi connectivity index (χ2n) is 5.23. The molecule has 11 heteroatoms. The molecule has 146 valence electrons. The monoisotopic (exact) mass is 407 g/mol. The van der Waals surface area contributed by atoms with Crippen molar-refractivity contribution in [2.45, 2.75) is 0 Å². The van der Waals surface area contributed by atoms with Gasteiger partial charge in [0.25, 0.3) is 17.5 Å². The summed E-state index contributed by atoms with van der Waals surface area (Å²) >= 11 is 5.82. The van der Waals surface area contributed by atoms with E-state index in [1.165, 1.54) is 37.4 Å². The lowest BCUT2D eigenvalue weighted by atomic mass is 10.2. The Morgan fingerprint density at radius 3 is 2.39 bits per heavy atom. The lowest BCUT2D eigenvalue weighted by molar-refractivity contribution is -0.384. The van der Waals surface area contributed by atoms with Crippen LogP contribution in [0.15, 0.2) is 42.5 Å². The van der Waals surface area contributed by atoms with Crippen LogP contribution in [0.3, 0.4) is 0 Å². The van der Waals surface area contributed by atoms with Crippen molar-refractivity contribution in [3.05, 3.63) is 68.7 Å². The summed E-state index contributed by atoms with van der Waals surface area (Å²) in [5.74, 6) is -2.12. The molecule has 0 aliphatic heterocycles. The number of hydrazine groups is 1. The van der Waals surface area contributed by atoms with Crippen LogP contribution in [0.4, 0.5) is 5.69 Å². The molecule has 0 aliphatic carbocycles. The molecule has 0 unspecified atom stereocenters. The summed E-state index contributed by atoms with van der Waals surface area (Å²) in [6.07, 6.45) is 0. The number of nitrogens with zero attached hydrogens (tertiary/aromatic N) is 1. The first kappa shape index (κ1) is 20.6. The highest BCUT2D eigenvalue weighted by molar-refractivity contribution is 6.31. The van der Waals surface area contributed by atoms with Gasteiger partial charge in [0, 0.05) is 22.7 Å². The Kier molecular flexibility index (Phi) is 6.88. The van der Waals surface area contributed by atoms with Gasteiger partial charge in [0.1, 0.15) is 11.3 Å². The fraction of sp³-hybridized carbons (Fsp3) is 0.118. The number of ether oxygens (including phenoxy) is 2. The van der Waals surface area contributed by atoms with Crippen molar-refractivity contribution in [2.75, 3.05) is 13.7 Å². The zero-order chi connectivity index (χ0) is 20.7. The van der Waals surface area contributed by atoms with Gasteiger partial charge in [-0.05, 0) is 30.3 Å². The number of nitro groups is 1. The zero-order valence-corrected chi connectivity index (χ0v) is 15.2. The maximum absolute atomic E-state index is 12.0. The number of nitrogens with one attached hydrogen (secondary N) is 2. The first-order valence-electron chi connectivity index (χ1n) is 7.66. The molecule has 2 aromatic carbocycles. The van der Waals surface area contributed by atoms with E-state index in [4.69, 9.17) is 21.1 Å². The van der Waals surface area contributed by atoms with Gasteiger partial charge >= 0.3 is 5.97 Å². The fourth-order valence-corrected chi connectivity index (χ4v) is 2.19. The van der Waals surface area contributed by atoms with E-state index in [0.29, 0.717) is 0 Å². The molecule has 28 heavy (non-hydrogen) atoms. The highest BCUT2D eigenvalue weighted by atomic mass is 35.5. The molecule has 2 rings (SSSR count). The van der Waals surface area contributed by atoms with Gasteiger partial charge in [-0.2, -0.15) is 0 Å². The number of methoxy groups -OCH3 is 1. The molecule has 2 amide bonds. The van der Waals surface area contributed by atoms with Gasteiger partial charge in [-0.1, -0.05) is 11.6 Å². The maximum Gasteiger partial charge on any atom is 0.342 e. The molecule has 0 saturated carbocycles. The SMILES string of the molecule is COc1ccc(Cl)cc1C(=O)OCC(=O)NNC(=O)c1ccc([N+](=O)[O-])cc1. The second kappa shape index (κ2) is 9.33. The van der Waals surface area contributed by atoms with E-state index in [-0.39, 0.29) is 27.6 Å². The van der Waals surface area contributed by atoms with E-state index < -0.39 is 29.3 Å². The molecule has 0 aromatic heterocycles. The second-order valence-corrected chi connectivity index (χ2v) is 5.66. The Balaban J connectivity index is 1.85. The average Bonchev–Trinajstić information content (AvgIpc) is 2.70. The topological polar surface area (TPSA) is 137 Å². The van der Waals surface area contributed by atoms with Crippen molar-refractivity contribution in [3.63, 3.8) is 0 Å². The summed E-state index contributed by atoms with van der Waals surface area (Å²) < 4.78 is 9.87. The number of halogens is 1. The van der Waals surface area contributed by atoms with Crippen molar-refractivity contribution < 1.29 is 28.8 Å². The molecule has 2 N–H and O–H groups in total. The minimum absolute atomic E-state index is 0.0396. The van der Waals surface area contributed by atoms with Gasteiger partial charge < -0.3 is 9.47 Å². The van der Waals surface area contributed by atoms with Crippen LogP contribution >= 0.6 is 11.6 Å². The molecule has 0 saturated heterocycles. The van der Waals surface area contributed by atoms with Gasteiger partial charge in [0.05, 0.1) is 12.0 Å².